The van der Waals surface area contributed by atoms with Crippen molar-refractivity contribution in [1.29, 1.82) is 0 Å². The average Bonchev–Trinajstić information content (AvgIpc) is 3.03. The third-order valence-electron chi connectivity index (χ3n) is 3.92. The third kappa shape index (κ3) is 2.84. The summed E-state index contributed by atoms with van der Waals surface area (Å²) in [5.74, 6) is 0.531. The number of para-hydroxylation sites is 1. The van der Waals surface area contributed by atoms with Crippen LogP contribution in [0.2, 0.25) is 0 Å². The average molecular weight is 347 g/mol. The second-order valence-corrected chi connectivity index (χ2v) is 6.86. The van der Waals surface area contributed by atoms with E-state index in [4.69, 9.17) is 18.9 Å². The SMILES string of the molecule is C=CCOC1Oc2ccccc2C12COC(=O)N2C(=O)OC(C)(C)C. The van der Waals surface area contributed by atoms with Gasteiger partial charge in [-0.25, -0.2) is 9.59 Å². The van der Waals surface area contributed by atoms with Gasteiger partial charge < -0.3 is 18.9 Å². The summed E-state index contributed by atoms with van der Waals surface area (Å²) in [6.45, 7) is 8.91. The predicted octanol–water partition coefficient (Wildman–Crippen LogP) is 3.19. The number of fused-ring (bicyclic) bond motifs is 2. The first-order chi connectivity index (χ1) is 11.8. The van der Waals surface area contributed by atoms with E-state index in [9.17, 15) is 9.59 Å². The van der Waals surface area contributed by atoms with Gasteiger partial charge in [0.1, 0.15) is 18.0 Å². The van der Waals surface area contributed by atoms with E-state index < -0.39 is 29.6 Å². The summed E-state index contributed by atoms with van der Waals surface area (Å²) in [6.07, 6.45) is -0.943. The number of ether oxygens (including phenoxy) is 4. The lowest BCUT2D eigenvalue weighted by Crippen LogP contribution is -2.56. The van der Waals surface area contributed by atoms with Crippen molar-refractivity contribution in [3.63, 3.8) is 0 Å². The highest BCUT2D eigenvalue weighted by Crippen LogP contribution is 2.49. The van der Waals surface area contributed by atoms with E-state index in [0.29, 0.717) is 11.3 Å². The van der Waals surface area contributed by atoms with Crippen molar-refractivity contribution < 1.29 is 28.5 Å². The van der Waals surface area contributed by atoms with E-state index in [-0.39, 0.29) is 13.2 Å². The summed E-state index contributed by atoms with van der Waals surface area (Å²) < 4.78 is 22.2. The van der Waals surface area contributed by atoms with Crippen molar-refractivity contribution in [3.8, 4) is 5.75 Å². The van der Waals surface area contributed by atoms with Gasteiger partial charge >= 0.3 is 12.2 Å². The topological polar surface area (TPSA) is 74.3 Å². The van der Waals surface area contributed by atoms with Gasteiger partial charge in [-0.15, -0.1) is 6.58 Å². The van der Waals surface area contributed by atoms with Gasteiger partial charge in [0.05, 0.1) is 6.61 Å². The summed E-state index contributed by atoms with van der Waals surface area (Å²) in [6, 6.07) is 7.14. The molecule has 0 N–H and O–H groups in total. The molecule has 2 heterocycles. The van der Waals surface area contributed by atoms with Crippen molar-refractivity contribution in [1.82, 2.24) is 4.90 Å². The molecule has 3 rings (SSSR count). The molecule has 0 radical (unpaired) electrons. The maximum absolute atomic E-state index is 12.7. The first kappa shape index (κ1) is 17.3. The van der Waals surface area contributed by atoms with Gasteiger partial charge in [-0.3, -0.25) is 0 Å². The molecular formula is C18H21NO6. The van der Waals surface area contributed by atoms with Gasteiger partial charge in [0.2, 0.25) is 6.29 Å². The van der Waals surface area contributed by atoms with E-state index in [2.05, 4.69) is 6.58 Å². The molecule has 25 heavy (non-hydrogen) atoms. The Morgan fingerprint density at radius 1 is 1.44 bits per heavy atom. The molecule has 0 aromatic heterocycles. The number of carbonyl (C=O) groups is 2. The number of hydrogen-bond donors (Lipinski definition) is 0. The van der Waals surface area contributed by atoms with Gasteiger partial charge in [0.15, 0.2) is 5.54 Å². The Hall–Kier alpha value is -2.54. The molecule has 0 bridgehead atoms. The number of carbonyl (C=O) groups excluding carboxylic acids is 2. The Morgan fingerprint density at radius 3 is 2.84 bits per heavy atom. The summed E-state index contributed by atoms with van der Waals surface area (Å²) in [5.41, 5.74) is -1.36. The van der Waals surface area contributed by atoms with Crippen LogP contribution in [0, 0.1) is 0 Å². The van der Waals surface area contributed by atoms with Crippen molar-refractivity contribution in [2.24, 2.45) is 0 Å². The van der Waals surface area contributed by atoms with Crippen molar-refractivity contribution >= 4 is 12.2 Å². The van der Waals surface area contributed by atoms with Crippen LogP contribution in [0.3, 0.4) is 0 Å². The lowest BCUT2D eigenvalue weighted by molar-refractivity contribution is -0.131. The highest BCUT2D eigenvalue weighted by Gasteiger charge is 2.64. The van der Waals surface area contributed by atoms with E-state index in [1.54, 1.807) is 51.1 Å². The number of cyclic esters (lactones) is 1. The molecule has 1 aromatic rings. The Morgan fingerprint density at radius 2 is 2.16 bits per heavy atom. The Bertz CT molecular complexity index is 710. The molecule has 2 unspecified atom stereocenters. The van der Waals surface area contributed by atoms with Crippen LogP contribution in [0.15, 0.2) is 36.9 Å². The first-order valence-electron chi connectivity index (χ1n) is 7.98. The molecule has 2 amide bonds. The largest absolute Gasteiger partial charge is 0.461 e. The summed E-state index contributed by atoms with van der Waals surface area (Å²) in [7, 11) is 0. The van der Waals surface area contributed by atoms with Crippen LogP contribution in [-0.4, -0.2) is 42.2 Å². The Labute approximate surface area is 146 Å². The third-order valence-corrected chi connectivity index (χ3v) is 3.92. The highest BCUT2D eigenvalue weighted by atomic mass is 16.7. The van der Waals surface area contributed by atoms with Crippen LogP contribution in [0.4, 0.5) is 9.59 Å². The van der Waals surface area contributed by atoms with Crippen molar-refractivity contribution in [2.75, 3.05) is 13.2 Å². The molecule has 1 fully saturated rings. The summed E-state index contributed by atoms with van der Waals surface area (Å²) >= 11 is 0. The molecule has 1 spiro atoms. The lowest BCUT2D eigenvalue weighted by atomic mass is 9.90. The minimum Gasteiger partial charge on any atom is -0.461 e. The maximum atomic E-state index is 12.7. The van der Waals surface area contributed by atoms with Gasteiger partial charge in [-0.2, -0.15) is 4.90 Å². The molecule has 1 saturated heterocycles. The smallest absolute Gasteiger partial charge is 0.420 e. The molecule has 2 aliphatic heterocycles. The van der Waals surface area contributed by atoms with Gasteiger partial charge in [0.25, 0.3) is 0 Å². The number of hydrogen-bond acceptors (Lipinski definition) is 6. The number of benzene rings is 1. The molecule has 2 atom stereocenters. The summed E-state index contributed by atoms with van der Waals surface area (Å²) in [4.78, 5) is 26.1. The van der Waals surface area contributed by atoms with Crippen LogP contribution in [0.1, 0.15) is 26.3 Å². The van der Waals surface area contributed by atoms with E-state index in [1.807, 2.05) is 0 Å². The van der Waals surface area contributed by atoms with Crippen LogP contribution < -0.4 is 4.74 Å². The van der Waals surface area contributed by atoms with Crippen molar-refractivity contribution in [2.45, 2.75) is 38.2 Å². The van der Waals surface area contributed by atoms with E-state index in [0.717, 1.165) is 4.90 Å². The molecule has 0 saturated carbocycles. The molecular weight excluding hydrogens is 326 g/mol. The standard InChI is InChI=1S/C18H21NO6/c1-5-10-22-14-18(12-8-6-7-9-13(12)24-14)11-23-15(20)19(18)16(21)25-17(2,3)4/h5-9,14H,1,10-11H2,2-4H3. The molecule has 1 aromatic carbocycles. The monoisotopic (exact) mass is 347 g/mol. The normalized spacial score (nSPS) is 24.7. The molecule has 7 nitrogen and oxygen atoms in total. The zero-order chi connectivity index (χ0) is 18.2. The van der Waals surface area contributed by atoms with E-state index in [1.165, 1.54) is 0 Å². The molecule has 2 aliphatic rings. The number of amides is 2. The molecule has 134 valence electrons. The fourth-order valence-corrected chi connectivity index (χ4v) is 2.97. The number of imide groups is 1. The van der Waals surface area contributed by atoms with Gasteiger partial charge in [-0.1, -0.05) is 24.3 Å². The minimum absolute atomic E-state index is 0.0795. The second kappa shape index (κ2) is 6.07. The van der Waals surface area contributed by atoms with E-state index >= 15 is 0 Å². The van der Waals surface area contributed by atoms with Crippen molar-refractivity contribution in [3.05, 3.63) is 42.5 Å². The van der Waals surface area contributed by atoms with Crippen LogP contribution in [-0.2, 0) is 19.7 Å². The maximum Gasteiger partial charge on any atom is 0.420 e. The second-order valence-electron chi connectivity index (χ2n) is 6.86. The Balaban J connectivity index is 2.06. The molecule has 7 heteroatoms. The van der Waals surface area contributed by atoms with Gasteiger partial charge in [0, 0.05) is 5.56 Å². The zero-order valence-corrected chi connectivity index (χ0v) is 14.5. The highest BCUT2D eigenvalue weighted by molar-refractivity contribution is 5.91. The van der Waals surface area contributed by atoms with Crippen LogP contribution >= 0.6 is 0 Å². The number of rotatable bonds is 3. The minimum atomic E-state index is -1.24. The fourth-order valence-electron chi connectivity index (χ4n) is 2.97. The molecule has 0 aliphatic carbocycles. The van der Waals surface area contributed by atoms with Crippen LogP contribution in [0.5, 0.6) is 5.75 Å². The predicted molar refractivity (Wildman–Crippen MR) is 88.1 cm³/mol. The quantitative estimate of drug-likeness (QED) is 0.782. The number of nitrogens with zero attached hydrogens (tertiary/aromatic N) is 1. The lowest BCUT2D eigenvalue weighted by Gasteiger charge is -2.34. The Kier molecular flexibility index (Phi) is 4.20. The zero-order valence-electron chi connectivity index (χ0n) is 14.5. The summed E-state index contributed by atoms with van der Waals surface area (Å²) in [5, 5.41) is 0. The fraction of sp³-hybridized carbons (Fsp3) is 0.444. The van der Waals surface area contributed by atoms with Crippen LogP contribution in [0.25, 0.3) is 0 Å². The first-order valence-corrected chi connectivity index (χ1v) is 7.98. The van der Waals surface area contributed by atoms with Gasteiger partial charge in [-0.05, 0) is 26.8 Å².